The zero-order valence-corrected chi connectivity index (χ0v) is 7.15. The van der Waals surface area contributed by atoms with Crippen molar-refractivity contribution in [3.63, 3.8) is 0 Å². The molecular formula is C8H9N3O2. The molecule has 0 spiro atoms. The summed E-state index contributed by atoms with van der Waals surface area (Å²) in [6.07, 6.45) is 1.92. The Kier molecular flexibility index (Phi) is 1.77. The third-order valence-electron chi connectivity index (χ3n) is 1.85. The summed E-state index contributed by atoms with van der Waals surface area (Å²) in [7, 11) is 0. The third kappa shape index (κ3) is 1.28. The third-order valence-corrected chi connectivity index (χ3v) is 1.85. The highest BCUT2D eigenvalue weighted by molar-refractivity contribution is 5.48. The Bertz CT molecular complexity index is 452. The molecule has 0 fully saturated rings. The molecule has 0 aliphatic heterocycles. The Morgan fingerprint density at radius 2 is 2.54 bits per heavy atom. The van der Waals surface area contributed by atoms with Crippen LogP contribution in [0.5, 0.6) is 0 Å². The van der Waals surface area contributed by atoms with Crippen molar-refractivity contribution in [3.05, 3.63) is 28.9 Å². The molecule has 0 amide bonds. The van der Waals surface area contributed by atoms with Crippen LogP contribution in [0.1, 0.15) is 6.92 Å². The van der Waals surface area contributed by atoms with E-state index in [1.807, 2.05) is 29.8 Å². The van der Waals surface area contributed by atoms with Crippen molar-refractivity contribution in [1.29, 1.82) is 0 Å². The number of nitrogens with zero attached hydrogens (tertiary/aromatic N) is 2. The maximum Gasteiger partial charge on any atom is 0.439 e. The molecule has 0 radical (unpaired) electrons. The van der Waals surface area contributed by atoms with Gasteiger partial charge in [0.2, 0.25) is 0 Å². The van der Waals surface area contributed by atoms with E-state index in [-0.39, 0.29) is 0 Å². The highest BCUT2D eigenvalue weighted by atomic mass is 16.5. The van der Waals surface area contributed by atoms with Crippen molar-refractivity contribution in [2.45, 2.75) is 13.5 Å². The van der Waals surface area contributed by atoms with Crippen molar-refractivity contribution < 1.29 is 4.52 Å². The lowest BCUT2D eigenvalue weighted by Crippen LogP contribution is -1.98. The Morgan fingerprint density at radius 3 is 3.15 bits per heavy atom. The van der Waals surface area contributed by atoms with Crippen LogP contribution in [0.25, 0.3) is 11.5 Å². The van der Waals surface area contributed by atoms with Gasteiger partial charge in [0.05, 0.1) is 5.69 Å². The first-order valence-electron chi connectivity index (χ1n) is 4.02. The maximum absolute atomic E-state index is 10.7. The van der Waals surface area contributed by atoms with Gasteiger partial charge in [0, 0.05) is 12.7 Å². The molecule has 0 saturated heterocycles. The smallest absolute Gasteiger partial charge is 0.345 e. The Labute approximate surface area is 74.0 Å². The van der Waals surface area contributed by atoms with E-state index in [4.69, 9.17) is 0 Å². The minimum Gasteiger partial charge on any atom is -0.345 e. The van der Waals surface area contributed by atoms with Crippen LogP contribution < -0.4 is 5.76 Å². The first-order valence-corrected chi connectivity index (χ1v) is 4.02. The standard InChI is InChI=1S/C8H9N3O2/c1-2-11-5-3-4-6(11)7-9-8(12)13-10-7/h3-5H,2H2,1H3,(H,9,10,12). The molecule has 0 bridgehead atoms. The fraction of sp³-hybridized carbons (Fsp3) is 0.250. The maximum atomic E-state index is 10.7. The van der Waals surface area contributed by atoms with Crippen LogP contribution in [0, 0.1) is 0 Å². The first kappa shape index (κ1) is 7.85. The molecule has 2 heterocycles. The van der Waals surface area contributed by atoms with E-state index < -0.39 is 5.76 Å². The highest BCUT2D eigenvalue weighted by Crippen LogP contribution is 2.13. The van der Waals surface area contributed by atoms with Gasteiger partial charge in [0.25, 0.3) is 0 Å². The molecule has 0 unspecified atom stereocenters. The minimum atomic E-state index is -0.529. The van der Waals surface area contributed by atoms with Crippen molar-refractivity contribution >= 4 is 0 Å². The molecule has 13 heavy (non-hydrogen) atoms. The summed E-state index contributed by atoms with van der Waals surface area (Å²) in [5.41, 5.74) is 0.855. The fourth-order valence-corrected chi connectivity index (χ4v) is 1.25. The van der Waals surface area contributed by atoms with E-state index in [9.17, 15) is 4.79 Å². The highest BCUT2D eigenvalue weighted by Gasteiger charge is 2.07. The molecule has 5 nitrogen and oxygen atoms in total. The van der Waals surface area contributed by atoms with Gasteiger partial charge in [-0.3, -0.25) is 9.51 Å². The van der Waals surface area contributed by atoms with Gasteiger partial charge in [0.1, 0.15) is 0 Å². The van der Waals surface area contributed by atoms with Crippen LogP contribution in [0.15, 0.2) is 27.6 Å². The Hall–Kier alpha value is -1.78. The average molecular weight is 179 g/mol. The molecule has 2 rings (SSSR count). The van der Waals surface area contributed by atoms with E-state index in [1.165, 1.54) is 0 Å². The number of aromatic amines is 1. The van der Waals surface area contributed by atoms with Gasteiger partial charge in [-0.05, 0) is 19.1 Å². The van der Waals surface area contributed by atoms with E-state index in [1.54, 1.807) is 0 Å². The van der Waals surface area contributed by atoms with Crippen LogP contribution in [-0.4, -0.2) is 14.7 Å². The van der Waals surface area contributed by atoms with Gasteiger partial charge in [-0.25, -0.2) is 4.79 Å². The molecule has 2 aromatic rings. The summed E-state index contributed by atoms with van der Waals surface area (Å²) < 4.78 is 6.38. The number of hydrogen-bond acceptors (Lipinski definition) is 3. The molecule has 0 aliphatic rings. The minimum absolute atomic E-state index is 0.469. The number of nitrogens with one attached hydrogen (secondary N) is 1. The van der Waals surface area contributed by atoms with Crippen LogP contribution in [0.3, 0.4) is 0 Å². The number of aryl methyl sites for hydroxylation is 1. The van der Waals surface area contributed by atoms with Gasteiger partial charge in [0.15, 0.2) is 5.82 Å². The van der Waals surface area contributed by atoms with Gasteiger partial charge in [-0.15, -0.1) is 0 Å². The molecule has 0 atom stereocenters. The van der Waals surface area contributed by atoms with Gasteiger partial charge in [-0.1, -0.05) is 5.16 Å². The summed E-state index contributed by atoms with van der Waals surface area (Å²) in [5.74, 6) is -0.0595. The van der Waals surface area contributed by atoms with E-state index in [2.05, 4.69) is 14.7 Å². The Morgan fingerprint density at radius 1 is 1.69 bits per heavy atom. The molecule has 68 valence electrons. The summed E-state index contributed by atoms with van der Waals surface area (Å²) in [6.45, 7) is 2.85. The predicted molar refractivity (Wildman–Crippen MR) is 46.2 cm³/mol. The lowest BCUT2D eigenvalue weighted by molar-refractivity contribution is 0.387. The second-order valence-electron chi connectivity index (χ2n) is 2.62. The van der Waals surface area contributed by atoms with Crippen molar-refractivity contribution in [3.8, 4) is 11.5 Å². The molecule has 1 N–H and O–H groups in total. The SMILES string of the molecule is CCn1cccc1-c1noc(=O)[nH]1. The number of aromatic nitrogens is 3. The zero-order valence-electron chi connectivity index (χ0n) is 7.15. The zero-order chi connectivity index (χ0) is 9.26. The molecule has 0 aromatic carbocycles. The number of rotatable bonds is 2. The number of hydrogen-bond donors (Lipinski definition) is 1. The average Bonchev–Trinajstić information content (AvgIpc) is 2.71. The fourth-order valence-electron chi connectivity index (χ4n) is 1.25. The lowest BCUT2D eigenvalue weighted by atomic mass is 10.4. The van der Waals surface area contributed by atoms with Crippen LogP contribution in [-0.2, 0) is 6.54 Å². The molecular weight excluding hydrogens is 170 g/mol. The molecule has 5 heteroatoms. The first-order chi connectivity index (χ1) is 6.31. The second-order valence-corrected chi connectivity index (χ2v) is 2.62. The largest absolute Gasteiger partial charge is 0.439 e. The van der Waals surface area contributed by atoms with Crippen LogP contribution in [0.2, 0.25) is 0 Å². The Balaban J connectivity index is 2.51. The van der Waals surface area contributed by atoms with Gasteiger partial charge < -0.3 is 4.57 Å². The number of H-pyrrole nitrogens is 1. The van der Waals surface area contributed by atoms with Crippen molar-refractivity contribution in [2.75, 3.05) is 0 Å². The van der Waals surface area contributed by atoms with Gasteiger partial charge in [-0.2, -0.15) is 0 Å². The lowest BCUT2D eigenvalue weighted by Gasteiger charge is -2.00. The summed E-state index contributed by atoms with van der Waals surface area (Å²) in [4.78, 5) is 13.2. The van der Waals surface area contributed by atoms with Crippen LogP contribution in [0.4, 0.5) is 0 Å². The van der Waals surface area contributed by atoms with Crippen molar-refractivity contribution in [2.24, 2.45) is 0 Å². The monoisotopic (exact) mass is 179 g/mol. The summed E-state index contributed by atoms with van der Waals surface area (Å²) in [5, 5.41) is 3.60. The normalized spacial score (nSPS) is 10.5. The van der Waals surface area contributed by atoms with Gasteiger partial charge >= 0.3 is 5.76 Å². The van der Waals surface area contributed by atoms with E-state index >= 15 is 0 Å². The molecule has 0 aliphatic carbocycles. The summed E-state index contributed by atoms with van der Waals surface area (Å²) >= 11 is 0. The molecule has 0 saturated carbocycles. The topological polar surface area (TPSA) is 63.8 Å². The predicted octanol–water partition coefficient (Wildman–Crippen LogP) is 0.851. The van der Waals surface area contributed by atoms with Crippen molar-refractivity contribution in [1.82, 2.24) is 14.7 Å². The van der Waals surface area contributed by atoms with E-state index in [0.29, 0.717) is 5.82 Å². The summed E-state index contributed by atoms with van der Waals surface area (Å²) in [6, 6.07) is 3.77. The second kappa shape index (κ2) is 2.93. The van der Waals surface area contributed by atoms with E-state index in [0.717, 1.165) is 12.2 Å². The quantitative estimate of drug-likeness (QED) is 0.743. The van der Waals surface area contributed by atoms with Crippen LogP contribution >= 0.6 is 0 Å². The molecule has 2 aromatic heterocycles.